The van der Waals surface area contributed by atoms with Crippen LogP contribution in [0.25, 0.3) is 11.3 Å². The van der Waals surface area contributed by atoms with Crippen molar-refractivity contribution in [1.82, 2.24) is 9.88 Å². The molecule has 0 spiro atoms. The highest BCUT2D eigenvalue weighted by Crippen LogP contribution is 2.26. The van der Waals surface area contributed by atoms with Gasteiger partial charge in [0.25, 0.3) is 0 Å². The second kappa shape index (κ2) is 9.95. The van der Waals surface area contributed by atoms with E-state index in [0.29, 0.717) is 10.8 Å². The Kier molecular flexibility index (Phi) is 7.10. The Morgan fingerprint density at radius 1 is 1.03 bits per heavy atom. The van der Waals surface area contributed by atoms with E-state index in [-0.39, 0.29) is 30.7 Å². The molecule has 156 valence electrons. The summed E-state index contributed by atoms with van der Waals surface area (Å²) in [7, 11) is 3.27. The van der Waals surface area contributed by atoms with Gasteiger partial charge in [0.1, 0.15) is 11.6 Å². The molecule has 9 heteroatoms. The Morgan fingerprint density at radius 3 is 2.30 bits per heavy atom. The number of thiazole rings is 1. The molecule has 3 aromatic rings. The molecule has 7 nitrogen and oxygen atoms in total. The molecule has 0 atom stereocenters. The van der Waals surface area contributed by atoms with Crippen LogP contribution >= 0.6 is 11.3 Å². The van der Waals surface area contributed by atoms with Gasteiger partial charge in [-0.25, -0.2) is 9.37 Å². The van der Waals surface area contributed by atoms with E-state index in [9.17, 15) is 14.0 Å². The normalized spacial score (nSPS) is 10.7. The van der Waals surface area contributed by atoms with E-state index in [1.54, 1.807) is 19.1 Å². The number of hydrogen-bond donors (Lipinski definition) is 2. The minimum atomic E-state index is -0.376. The molecule has 0 unspecified atom stereocenters. The van der Waals surface area contributed by atoms with E-state index in [1.807, 2.05) is 29.6 Å². The van der Waals surface area contributed by atoms with Crippen LogP contribution in [0, 0.1) is 5.82 Å². The lowest BCUT2D eigenvalue weighted by Gasteiger charge is -2.15. The SMILES string of the molecule is COc1ccc(-c2csc(NC(=O)CN(C)CC(=O)Nc3ccc(F)cc3)n2)cc1. The molecule has 1 aromatic heterocycles. The third-order valence-corrected chi connectivity index (χ3v) is 4.85. The lowest BCUT2D eigenvalue weighted by Crippen LogP contribution is -2.36. The Balaban J connectivity index is 1.48. The van der Waals surface area contributed by atoms with Gasteiger partial charge in [0.2, 0.25) is 11.8 Å². The van der Waals surface area contributed by atoms with Crippen molar-refractivity contribution in [3.05, 3.63) is 59.7 Å². The summed E-state index contributed by atoms with van der Waals surface area (Å²) >= 11 is 1.32. The van der Waals surface area contributed by atoms with Gasteiger partial charge in [-0.1, -0.05) is 0 Å². The van der Waals surface area contributed by atoms with E-state index >= 15 is 0 Å². The number of halogens is 1. The van der Waals surface area contributed by atoms with E-state index in [4.69, 9.17) is 4.74 Å². The number of nitrogens with one attached hydrogen (secondary N) is 2. The maximum atomic E-state index is 12.9. The number of methoxy groups -OCH3 is 1. The van der Waals surface area contributed by atoms with Gasteiger partial charge in [0, 0.05) is 16.6 Å². The van der Waals surface area contributed by atoms with Crippen LogP contribution in [0.5, 0.6) is 5.75 Å². The van der Waals surface area contributed by atoms with Gasteiger partial charge in [0.15, 0.2) is 5.13 Å². The number of carbonyl (C=O) groups is 2. The second-order valence-corrected chi connectivity index (χ2v) is 7.40. The van der Waals surface area contributed by atoms with Crippen LogP contribution in [0.15, 0.2) is 53.9 Å². The van der Waals surface area contributed by atoms with Crippen LogP contribution in [-0.2, 0) is 9.59 Å². The highest BCUT2D eigenvalue weighted by Gasteiger charge is 2.13. The van der Waals surface area contributed by atoms with Crippen molar-refractivity contribution in [3.63, 3.8) is 0 Å². The summed E-state index contributed by atoms with van der Waals surface area (Å²) in [6.45, 7) is 0.0358. The Morgan fingerprint density at radius 2 is 1.67 bits per heavy atom. The first kappa shape index (κ1) is 21.4. The lowest BCUT2D eigenvalue weighted by molar-refractivity contribution is -0.119. The third kappa shape index (κ3) is 6.10. The minimum Gasteiger partial charge on any atom is -0.497 e. The second-order valence-electron chi connectivity index (χ2n) is 6.54. The minimum absolute atomic E-state index is 0.0137. The van der Waals surface area contributed by atoms with Gasteiger partial charge in [-0.2, -0.15) is 0 Å². The molecule has 3 rings (SSSR count). The number of rotatable bonds is 8. The largest absolute Gasteiger partial charge is 0.497 e. The van der Waals surface area contributed by atoms with Crippen molar-refractivity contribution in [2.75, 3.05) is 37.9 Å². The molecule has 0 saturated heterocycles. The number of aromatic nitrogens is 1. The molecule has 0 saturated carbocycles. The predicted molar refractivity (Wildman–Crippen MR) is 115 cm³/mol. The monoisotopic (exact) mass is 428 g/mol. The number of hydrogen-bond acceptors (Lipinski definition) is 6. The molecule has 0 aliphatic heterocycles. The zero-order valence-corrected chi connectivity index (χ0v) is 17.3. The van der Waals surface area contributed by atoms with Gasteiger partial charge in [0.05, 0.1) is 25.9 Å². The van der Waals surface area contributed by atoms with Gasteiger partial charge in [-0.3, -0.25) is 14.5 Å². The van der Waals surface area contributed by atoms with Crippen LogP contribution in [0.3, 0.4) is 0 Å². The molecule has 30 heavy (non-hydrogen) atoms. The van der Waals surface area contributed by atoms with E-state index in [1.165, 1.54) is 35.6 Å². The van der Waals surface area contributed by atoms with Gasteiger partial charge >= 0.3 is 0 Å². The van der Waals surface area contributed by atoms with Crippen molar-refractivity contribution in [3.8, 4) is 17.0 Å². The first-order valence-corrected chi connectivity index (χ1v) is 9.94. The van der Waals surface area contributed by atoms with E-state index < -0.39 is 0 Å². The van der Waals surface area contributed by atoms with Crippen molar-refractivity contribution < 1.29 is 18.7 Å². The summed E-state index contributed by atoms with van der Waals surface area (Å²) in [5, 5.41) is 7.74. The summed E-state index contributed by atoms with van der Waals surface area (Å²) in [5.41, 5.74) is 2.17. The van der Waals surface area contributed by atoms with Gasteiger partial charge in [-0.05, 0) is 55.6 Å². The number of ether oxygens (including phenoxy) is 1. The zero-order chi connectivity index (χ0) is 21.5. The molecule has 2 amide bonds. The molecule has 2 aromatic carbocycles. The number of carbonyl (C=O) groups excluding carboxylic acids is 2. The molecule has 0 radical (unpaired) electrons. The molecule has 0 aliphatic rings. The first-order valence-electron chi connectivity index (χ1n) is 9.06. The van der Waals surface area contributed by atoms with Crippen LogP contribution in [-0.4, -0.2) is 48.9 Å². The number of anilines is 2. The molecule has 0 bridgehead atoms. The molecular formula is C21H21FN4O3S. The first-order chi connectivity index (χ1) is 14.4. The highest BCUT2D eigenvalue weighted by molar-refractivity contribution is 7.14. The van der Waals surface area contributed by atoms with Crippen LogP contribution in [0.1, 0.15) is 0 Å². The Bertz CT molecular complexity index is 1010. The van der Waals surface area contributed by atoms with E-state index in [0.717, 1.165) is 17.0 Å². The fourth-order valence-electron chi connectivity index (χ4n) is 2.66. The zero-order valence-electron chi connectivity index (χ0n) is 16.5. The van der Waals surface area contributed by atoms with Gasteiger partial charge < -0.3 is 15.4 Å². The predicted octanol–water partition coefficient (Wildman–Crippen LogP) is 3.47. The summed E-state index contributed by atoms with van der Waals surface area (Å²) in [4.78, 5) is 30.3. The molecular weight excluding hydrogens is 407 g/mol. The van der Waals surface area contributed by atoms with Crippen LogP contribution < -0.4 is 15.4 Å². The number of amides is 2. The van der Waals surface area contributed by atoms with Crippen LogP contribution in [0.4, 0.5) is 15.2 Å². The summed E-state index contributed by atoms with van der Waals surface area (Å²) in [5.74, 6) is -0.191. The molecule has 0 aliphatic carbocycles. The molecule has 2 N–H and O–H groups in total. The Hall–Kier alpha value is -3.30. The smallest absolute Gasteiger partial charge is 0.240 e. The average molecular weight is 428 g/mol. The third-order valence-electron chi connectivity index (χ3n) is 4.09. The number of nitrogens with zero attached hydrogens (tertiary/aromatic N) is 2. The Labute approximate surface area is 177 Å². The maximum absolute atomic E-state index is 12.9. The highest BCUT2D eigenvalue weighted by atomic mass is 32.1. The fraction of sp³-hybridized carbons (Fsp3) is 0.190. The van der Waals surface area contributed by atoms with Crippen molar-refractivity contribution in [1.29, 1.82) is 0 Å². The molecule has 1 heterocycles. The van der Waals surface area contributed by atoms with Crippen molar-refractivity contribution >= 4 is 34.0 Å². The number of benzene rings is 2. The van der Waals surface area contributed by atoms with Crippen molar-refractivity contribution in [2.24, 2.45) is 0 Å². The average Bonchev–Trinajstić information content (AvgIpc) is 3.17. The summed E-state index contributed by atoms with van der Waals surface area (Å²) in [6, 6.07) is 13.0. The quantitative estimate of drug-likeness (QED) is 0.574. The standard InChI is InChI=1S/C21H21FN4O3S/c1-26(11-19(27)23-16-7-5-15(22)6-8-16)12-20(28)25-21-24-18(13-30-21)14-3-9-17(29-2)10-4-14/h3-10,13H,11-12H2,1-2H3,(H,23,27)(H,24,25,28). The summed E-state index contributed by atoms with van der Waals surface area (Å²) < 4.78 is 18.1. The summed E-state index contributed by atoms with van der Waals surface area (Å²) in [6.07, 6.45) is 0. The fourth-order valence-corrected chi connectivity index (χ4v) is 3.40. The van der Waals surface area contributed by atoms with E-state index in [2.05, 4.69) is 15.6 Å². The van der Waals surface area contributed by atoms with Gasteiger partial charge in [-0.15, -0.1) is 11.3 Å². The lowest BCUT2D eigenvalue weighted by atomic mass is 10.2. The number of likely N-dealkylation sites (N-methyl/N-ethyl adjacent to an activating group) is 1. The maximum Gasteiger partial charge on any atom is 0.240 e. The topological polar surface area (TPSA) is 83.6 Å². The van der Waals surface area contributed by atoms with Crippen molar-refractivity contribution in [2.45, 2.75) is 0 Å². The molecule has 0 fully saturated rings. The van der Waals surface area contributed by atoms with Crippen LogP contribution in [0.2, 0.25) is 0 Å².